The summed E-state index contributed by atoms with van der Waals surface area (Å²) >= 11 is 6.14. The molecule has 0 aliphatic rings. The lowest BCUT2D eigenvalue weighted by atomic mass is 10.2. The van der Waals surface area contributed by atoms with Crippen molar-refractivity contribution in [3.05, 3.63) is 11.3 Å². The molecule has 2 aromatic rings. The number of halogens is 1. The van der Waals surface area contributed by atoms with Crippen molar-refractivity contribution in [2.45, 2.75) is 20.4 Å². The maximum atomic E-state index is 6.14. The average Bonchev–Trinajstić information content (AvgIpc) is 2.76. The van der Waals surface area contributed by atoms with Crippen LogP contribution in [0.3, 0.4) is 0 Å². The molecule has 0 aliphatic heterocycles. The monoisotopic (exact) mass is 226 g/mol. The number of tetrazole rings is 1. The minimum Gasteiger partial charge on any atom is -0.253 e. The van der Waals surface area contributed by atoms with E-state index in [1.807, 2.05) is 0 Å². The van der Waals surface area contributed by atoms with Crippen LogP contribution in [0.25, 0.3) is 11.4 Å². The molecular formula is C8H11ClN6. The topological polar surface area (TPSA) is 72.3 Å². The lowest BCUT2D eigenvalue weighted by Gasteiger charge is -2.05. The third-order valence-corrected chi connectivity index (χ3v) is 2.30. The van der Waals surface area contributed by atoms with Gasteiger partial charge in [0.05, 0.1) is 11.8 Å². The van der Waals surface area contributed by atoms with Gasteiger partial charge in [-0.3, -0.25) is 4.68 Å². The molecule has 0 aromatic carbocycles. The van der Waals surface area contributed by atoms with Crippen LogP contribution in [-0.4, -0.2) is 30.4 Å². The second-order valence-electron chi connectivity index (χ2n) is 3.66. The van der Waals surface area contributed by atoms with E-state index in [2.05, 4.69) is 39.6 Å². The van der Waals surface area contributed by atoms with Crippen molar-refractivity contribution < 1.29 is 0 Å². The third kappa shape index (κ3) is 1.99. The van der Waals surface area contributed by atoms with E-state index in [0.717, 1.165) is 6.54 Å². The molecule has 2 heterocycles. The molecule has 1 N–H and O–H groups in total. The highest BCUT2D eigenvalue weighted by atomic mass is 35.5. The zero-order valence-corrected chi connectivity index (χ0v) is 9.23. The molecule has 15 heavy (non-hydrogen) atoms. The summed E-state index contributed by atoms with van der Waals surface area (Å²) in [5.41, 5.74) is 0.700. The average molecular weight is 227 g/mol. The fourth-order valence-corrected chi connectivity index (χ4v) is 1.52. The fourth-order valence-electron chi connectivity index (χ4n) is 1.27. The third-order valence-electron chi connectivity index (χ3n) is 1.90. The Labute approximate surface area is 91.6 Å². The number of H-pyrrole nitrogens is 1. The van der Waals surface area contributed by atoms with Crippen LogP contribution in [0.1, 0.15) is 13.8 Å². The van der Waals surface area contributed by atoms with Crippen LogP contribution in [0.4, 0.5) is 0 Å². The number of aromatic nitrogens is 6. The van der Waals surface area contributed by atoms with Gasteiger partial charge in [-0.2, -0.15) is 10.3 Å². The van der Waals surface area contributed by atoms with Crippen molar-refractivity contribution in [1.29, 1.82) is 0 Å². The molecule has 6 nitrogen and oxygen atoms in total. The highest BCUT2D eigenvalue weighted by Crippen LogP contribution is 2.24. The summed E-state index contributed by atoms with van der Waals surface area (Å²) in [6.45, 7) is 4.98. The summed E-state index contributed by atoms with van der Waals surface area (Å²) in [6.07, 6.45) is 1.65. The van der Waals surface area contributed by atoms with E-state index in [0.29, 0.717) is 22.5 Å². The van der Waals surface area contributed by atoms with Crippen LogP contribution in [0.2, 0.25) is 5.15 Å². The smallest absolute Gasteiger partial charge is 0.209 e. The van der Waals surface area contributed by atoms with Crippen molar-refractivity contribution in [2.75, 3.05) is 0 Å². The van der Waals surface area contributed by atoms with Gasteiger partial charge in [-0.15, -0.1) is 10.2 Å². The Kier molecular flexibility index (Phi) is 2.68. The summed E-state index contributed by atoms with van der Waals surface area (Å²) in [5, 5.41) is 18.3. The number of hydrogen-bond acceptors (Lipinski definition) is 4. The Morgan fingerprint density at radius 1 is 1.53 bits per heavy atom. The van der Waals surface area contributed by atoms with Crippen molar-refractivity contribution >= 4 is 11.6 Å². The molecular weight excluding hydrogens is 216 g/mol. The van der Waals surface area contributed by atoms with E-state index in [-0.39, 0.29) is 0 Å². The summed E-state index contributed by atoms with van der Waals surface area (Å²) in [5.74, 6) is 0.954. The van der Waals surface area contributed by atoms with E-state index >= 15 is 0 Å². The summed E-state index contributed by atoms with van der Waals surface area (Å²) < 4.78 is 1.73. The van der Waals surface area contributed by atoms with Crippen molar-refractivity contribution in [3.63, 3.8) is 0 Å². The number of nitrogens with one attached hydrogen (secondary N) is 1. The molecule has 0 bridgehead atoms. The minimum atomic E-state index is 0.468. The Bertz CT molecular complexity index is 432. The lowest BCUT2D eigenvalue weighted by Crippen LogP contribution is -2.05. The van der Waals surface area contributed by atoms with Gasteiger partial charge in [-0.25, -0.2) is 0 Å². The van der Waals surface area contributed by atoms with E-state index in [1.54, 1.807) is 10.9 Å². The summed E-state index contributed by atoms with van der Waals surface area (Å²) in [4.78, 5) is 0. The number of aromatic amines is 1. The summed E-state index contributed by atoms with van der Waals surface area (Å²) in [7, 11) is 0. The molecule has 0 fully saturated rings. The Hall–Kier alpha value is -1.43. The largest absolute Gasteiger partial charge is 0.253 e. The first-order valence-corrected chi connectivity index (χ1v) is 5.01. The van der Waals surface area contributed by atoms with Gasteiger partial charge in [0.15, 0.2) is 0 Å². The Balaban J connectivity index is 2.32. The number of nitrogens with zero attached hydrogens (tertiary/aromatic N) is 5. The summed E-state index contributed by atoms with van der Waals surface area (Å²) in [6, 6.07) is 0. The predicted octanol–water partition coefficient (Wildman–Crippen LogP) is 1.37. The molecule has 0 unspecified atom stereocenters. The second kappa shape index (κ2) is 3.98. The van der Waals surface area contributed by atoms with E-state index in [4.69, 9.17) is 11.6 Å². The Morgan fingerprint density at radius 3 is 2.93 bits per heavy atom. The van der Waals surface area contributed by atoms with Crippen molar-refractivity contribution in [2.24, 2.45) is 5.92 Å². The molecule has 80 valence electrons. The fraction of sp³-hybridized carbons (Fsp3) is 0.500. The van der Waals surface area contributed by atoms with E-state index in [9.17, 15) is 0 Å². The van der Waals surface area contributed by atoms with Crippen LogP contribution in [-0.2, 0) is 6.54 Å². The van der Waals surface area contributed by atoms with Crippen LogP contribution in [0.5, 0.6) is 0 Å². The van der Waals surface area contributed by atoms with E-state index in [1.165, 1.54) is 0 Å². The molecule has 0 saturated carbocycles. The zero-order chi connectivity index (χ0) is 10.8. The highest BCUT2D eigenvalue weighted by molar-refractivity contribution is 6.32. The molecule has 0 spiro atoms. The molecule has 0 radical (unpaired) electrons. The molecule has 0 saturated heterocycles. The van der Waals surface area contributed by atoms with Gasteiger partial charge in [-0.05, 0) is 11.1 Å². The molecule has 0 aliphatic carbocycles. The van der Waals surface area contributed by atoms with Gasteiger partial charge >= 0.3 is 0 Å². The molecule has 0 atom stereocenters. The van der Waals surface area contributed by atoms with Crippen LogP contribution >= 0.6 is 11.6 Å². The maximum Gasteiger partial charge on any atom is 0.209 e. The molecule has 2 rings (SSSR count). The molecule has 7 heteroatoms. The SMILES string of the molecule is CC(C)Cn1ncc(-c2nn[nH]n2)c1Cl. The first-order chi connectivity index (χ1) is 7.18. The van der Waals surface area contributed by atoms with Gasteiger partial charge in [0, 0.05) is 6.54 Å². The lowest BCUT2D eigenvalue weighted by molar-refractivity contribution is 0.484. The number of rotatable bonds is 3. The molecule has 0 amide bonds. The van der Waals surface area contributed by atoms with Crippen LogP contribution in [0.15, 0.2) is 6.20 Å². The Morgan fingerprint density at radius 2 is 2.33 bits per heavy atom. The number of hydrogen-bond donors (Lipinski definition) is 1. The predicted molar refractivity (Wildman–Crippen MR) is 55.2 cm³/mol. The first kappa shape index (κ1) is 10.1. The van der Waals surface area contributed by atoms with Gasteiger partial charge in [-0.1, -0.05) is 25.4 Å². The minimum absolute atomic E-state index is 0.468. The zero-order valence-electron chi connectivity index (χ0n) is 8.48. The normalized spacial score (nSPS) is 11.2. The standard InChI is InChI=1S/C8H11ClN6/c1-5(2)4-15-7(9)6(3-10-15)8-11-13-14-12-8/h3,5H,4H2,1-2H3,(H,11,12,13,14). The van der Waals surface area contributed by atoms with Gasteiger partial charge in [0.2, 0.25) is 5.82 Å². The van der Waals surface area contributed by atoms with Crippen LogP contribution in [0, 0.1) is 5.92 Å². The molecule has 2 aromatic heterocycles. The highest BCUT2D eigenvalue weighted by Gasteiger charge is 2.14. The quantitative estimate of drug-likeness (QED) is 0.858. The van der Waals surface area contributed by atoms with Crippen molar-refractivity contribution in [1.82, 2.24) is 30.4 Å². The van der Waals surface area contributed by atoms with Gasteiger partial charge < -0.3 is 0 Å². The van der Waals surface area contributed by atoms with Crippen LogP contribution < -0.4 is 0 Å². The van der Waals surface area contributed by atoms with Gasteiger partial charge in [0.25, 0.3) is 0 Å². The second-order valence-corrected chi connectivity index (χ2v) is 4.02. The first-order valence-electron chi connectivity index (χ1n) is 4.63. The van der Waals surface area contributed by atoms with Gasteiger partial charge in [0.1, 0.15) is 5.15 Å². The van der Waals surface area contributed by atoms with E-state index < -0.39 is 0 Å². The van der Waals surface area contributed by atoms with Crippen molar-refractivity contribution in [3.8, 4) is 11.4 Å². The maximum absolute atomic E-state index is 6.14.